The second kappa shape index (κ2) is 3.89. The third-order valence-electron chi connectivity index (χ3n) is 2.20. The Hall–Kier alpha value is -0.0400. The Kier molecular flexibility index (Phi) is 3.87. The zero-order valence-electron chi connectivity index (χ0n) is 6.48. The van der Waals surface area contributed by atoms with Crippen LogP contribution < -0.4 is 0 Å². The van der Waals surface area contributed by atoms with Gasteiger partial charge in [0.05, 0.1) is 0 Å². The van der Waals surface area contributed by atoms with Gasteiger partial charge in [0.1, 0.15) is 0 Å². The lowest BCUT2D eigenvalue weighted by Crippen LogP contribution is -2.09. The first kappa shape index (κ1) is 8.96. The summed E-state index contributed by atoms with van der Waals surface area (Å²) < 4.78 is 0. The van der Waals surface area contributed by atoms with E-state index in [1.807, 2.05) is 0 Å². The highest BCUT2D eigenvalue weighted by Crippen LogP contribution is 2.27. The van der Waals surface area contributed by atoms with Crippen LogP contribution in [0.4, 0.5) is 0 Å². The largest absolute Gasteiger partial charge is 0.412 e. The molecule has 0 aromatic heterocycles. The third-order valence-corrected chi connectivity index (χ3v) is 2.20. The molecular weight excluding hydrogens is 112 g/mol. The fourth-order valence-corrected chi connectivity index (χ4v) is 1.74. The highest BCUT2D eigenvalue weighted by molar-refractivity contribution is 4.66. The van der Waals surface area contributed by atoms with Crippen LogP contribution in [0.1, 0.15) is 39.5 Å². The van der Waals surface area contributed by atoms with Crippen molar-refractivity contribution in [3.63, 3.8) is 0 Å². The summed E-state index contributed by atoms with van der Waals surface area (Å²) in [7, 11) is 0. The first-order valence-corrected chi connectivity index (χ1v) is 3.79. The molecule has 0 aromatic carbocycles. The lowest BCUT2D eigenvalue weighted by Gasteiger charge is -2.22. The van der Waals surface area contributed by atoms with Crippen LogP contribution in [-0.4, -0.2) is 5.48 Å². The second-order valence-corrected chi connectivity index (χ2v) is 3.38. The maximum atomic E-state index is 2.37. The van der Waals surface area contributed by atoms with Gasteiger partial charge in [0.2, 0.25) is 0 Å². The van der Waals surface area contributed by atoms with Gasteiger partial charge < -0.3 is 5.48 Å². The van der Waals surface area contributed by atoms with E-state index >= 15 is 0 Å². The quantitative estimate of drug-likeness (QED) is 0.480. The van der Waals surface area contributed by atoms with E-state index < -0.39 is 0 Å². The summed E-state index contributed by atoms with van der Waals surface area (Å²) >= 11 is 0. The fourth-order valence-electron chi connectivity index (χ4n) is 1.74. The smallest absolute Gasteiger partial charge is 0.0440 e. The maximum absolute atomic E-state index is 2.37. The molecule has 1 aliphatic rings. The first-order chi connectivity index (χ1) is 3.79. The molecular formula is C8H18O. The van der Waals surface area contributed by atoms with E-state index in [-0.39, 0.29) is 5.48 Å². The van der Waals surface area contributed by atoms with Gasteiger partial charge >= 0.3 is 0 Å². The molecule has 1 nitrogen and oxygen atoms in total. The molecule has 0 aromatic rings. The SMILES string of the molecule is CC1CCCC(C)C1.O. The summed E-state index contributed by atoms with van der Waals surface area (Å²) in [6, 6.07) is 0. The van der Waals surface area contributed by atoms with Crippen LogP contribution in [0.2, 0.25) is 0 Å². The highest BCUT2D eigenvalue weighted by Gasteiger charge is 2.13. The van der Waals surface area contributed by atoms with Gasteiger partial charge in [-0.1, -0.05) is 33.1 Å². The lowest BCUT2D eigenvalue weighted by molar-refractivity contribution is 0.301. The van der Waals surface area contributed by atoms with Gasteiger partial charge in [0, 0.05) is 0 Å². The van der Waals surface area contributed by atoms with Gasteiger partial charge in [0.15, 0.2) is 0 Å². The predicted octanol–water partition coefficient (Wildman–Crippen LogP) is 2.01. The zero-order valence-corrected chi connectivity index (χ0v) is 6.48. The second-order valence-electron chi connectivity index (χ2n) is 3.38. The van der Waals surface area contributed by atoms with Crippen LogP contribution in [0.3, 0.4) is 0 Å². The minimum atomic E-state index is 0. The molecule has 0 heterocycles. The number of rotatable bonds is 0. The predicted molar refractivity (Wildman–Crippen MR) is 40.4 cm³/mol. The summed E-state index contributed by atoms with van der Waals surface area (Å²) in [5.74, 6) is 2.03. The molecule has 2 atom stereocenters. The average Bonchev–Trinajstić information content (AvgIpc) is 1.64. The molecule has 1 fully saturated rings. The van der Waals surface area contributed by atoms with Crippen LogP contribution in [0, 0.1) is 11.8 Å². The van der Waals surface area contributed by atoms with Crippen molar-refractivity contribution in [1.29, 1.82) is 0 Å². The maximum Gasteiger partial charge on any atom is -0.0440 e. The Labute approximate surface area is 57.8 Å². The third kappa shape index (κ3) is 2.85. The minimum Gasteiger partial charge on any atom is -0.412 e. The summed E-state index contributed by atoms with van der Waals surface area (Å²) in [5, 5.41) is 0. The molecule has 0 aliphatic heterocycles. The number of hydrogen-bond donors (Lipinski definition) is 0. The minimum absolute atomic E-state index is 0. The Bertz CT molecular complexity index is 63.0. The average molecular weight is 130 g/mol. The topological polar surface area (TPSA) is 31.5 Å². The van der Waals surface area contributed by atoms with E-state index in [0.29, 0.717) is 0 Å². The molecule has 2 unspecified atom stereocenters. The van der Waals surface area contributed by atoms with Gasteiger partial charge in [-0.3, -0.25) is 0 Å². The molecule has 1 aliphatic carbocycles. The summed E-state index contributed by atoms with van der Waals surface area (Å²) in [4.78, 5) is 0. The van der Waals surface area contributed by atoms with Gasteiger partial charge in [-0.15, -0.1) is 0 Å². The Morgan fingerprint density at radius 3 is 1.67 bits per heavy atom. The van der Waals surface area contributed by atoms with Crippen molar-refractivity contribution in [2.24, 2.45) is 11.8 Å². The van der Waals surface area contributed by atoms with Gasteiger partial charge in [-0.05, 0) is 18.3 Å². The van der Waals surface area contributed by atoms with Crippen LogP contribution in [0.25, 0.3) is 0 Å². The van der Waals surface area contributed by atoms with Gasteiger partial charge in [-0.2, -0.15) is 0 Å². The van der Waals surface area contributed by atoms with E-state index in [2.05, 4.69) is 13.8 Å². The number of hydrogen-bond acceptors (Lipinski definition) is 0. The van der Waals surface area contributed by atoms with E-state index in [9.17, 15) is 0 Å². The summed E-state index contributed by atoms with van der Waals surface area (Å²) in [5.41, 5.74) is 0. The van der Waals surface area contributed by atoms with Crippen LogP contribution in [-0.2, 0) is 0 Å². The van der Waals surface area contributed by atoms with Crippen molar-refractivity contribution < 1.29 is 5.48 Å². The molecule has 0 saturated heterocycles. The van der Waals surface area contributed by atoms with Gasteiger partial charge in [-0.25, -0.2) is 0 Å². The van der Waals surface area contributed by atoms with Gasteiger partial charge in [0.25, 0.3) is 0 Å². The normalized spacial score (nSPS) is 35.3. The Morgan fingerprint density at radius 1 is 1.00 bits per heavy atom. The van der Waals surface area contributed by atoms with Crippen molar-refractivity contribution in [3.05, 3.63) is 0 Å². The van der Waals surface area contributed by atoms with E-state index in [1.54, 1.807) is 0 Å². The summed E-state index contributed by atoms with van der Waals surface area (Å²) in [6.07, 6.45) is 5.90. The van der Waals surface area contributed by atoms with Crippen LogP contribution in [0.15, 0.2) is 0 Å². The highest BCUT2D eigenvalue weighted by atomic mass is 16.0. The van der Waals surface area contributed by atoms with E-state index in [4.69, 9.17) is 0 Å². The van der Waals surface area contributed by atoms with Crippen molar-refractivity contribution in [2.45, 2.75) is 39.5 Å². The standard InChI is InChI=1S/C8H16.H2O/c1-7-4-3-5-8(2)6-7;/h7-8H,3-6H2,1-2H3;1H2. The fraction of sp³-hybridized carbons (Fsp3) is 1.00. The lowest BCUT2D eigenvalue weighted by atomic mass is 9.84. The van der Waals surface area contributed by atoms with Crippen molar-refractivity contribution in [2.75, 3.05) is 0 Å². The molecule has 0 radical (unpaired) electrons. The Balaban J connectivity index is 0.000000640. The molecule has 1 saturated carbocycles. The first-order valence-electron chi connectivity index (χ1n) is 3.79. The van der Waals surface area contributed by atoms with Crippen molar-refractivity contribution in [1.82, 2.24) is 0 Å². The molecule has 1 heteroatoms. The monoisotopic (exact) mass is 130 g/mol. The molecule has 1 rings (SSSR count). The molecule has 2 N–H and O–H groups in total. The molecule has 0 spiro atoms. The van der Waals surface area contributed by atoms with Crippen LogP contribution in [0.5, 0.6) is 0 Å². The van der Waals surface area contributed by atoms with Crippen molar-refractivity contribution >= 4 is 0 Å². The molecule has 56 valence electrons. The molecule has 0 bridgehead atoms. The summed E-state index contributed by atoms with van der Waals surface area (Å²) in [6.45, 7) is 4.74. The Morgan fingerprint density at radius 2 is 1.44 bits per heavy atom. The molecule has 0 amide bonds. The van der Waals surface area contributed by atoms with E-state index in [1.165, 1.54) is 25.7 Å². The molecule has 9 heavy (non-hydrogen) atoms. The van der Waals surface area contributed by atoms with Crippen molar-refractivity contribution in [3.8, 4) is 0 Å². The zero-order chi connectivity index (χ0) is 5.98. The van der Waals surface area contributed by atoms with Crippen LogP contribution >= 0.6 is 0 Å². The van der Waals surface area contributed by atoms with E-state index in [0.717, 1.165) is 11.8 Å².